The van der Waals surface area contributed by atoms with Crippen molar-refractivity contribution in [3.8, 4) is 17.2 Å². The van der Waals surface area contributed by atoms with Crippen LogP contribution in [0.1, 0.15) is 15.9 Å². The summed E-state index contributed by atoms with van der Waals surface area (Å²) in [7, 11) is 0. The quantitative estimate of drug-likeness (QED) is 0.678. The maximum absolute atomic E-state index is 12.1. The molecule has 2 aromatic carbocycles. The molecule has 2 aromatic rings. The van der Waals surface area contributed by atoms with E-state index in [0.717, 1.165) is 5.56 Å². The average molecular weight is 347 g/mol. The van der Waals surface area contributed by atoms with Crippen molar-refractivity contribution in [3.05, 3.63) is 58.1 Å². The highest BCUT2D eigenvalue weighted by Crippen LogP contribution is 2.32. The largest absolute Gasteiger partial charge is 0.507 e. The first-order valence-corrected chi connectivity index (χ1v) is 7.03. The van der Waals surface area contributed by atoms with Crippen LogP contribution < -0.4 is 9.47 Å². The van der Waals surface area contributed by atoms with Gasteiger partial charge in [0.15, 0.2) is 17.3 Å². The van der Waals surface area contributed by atoms with Crippen molar-refractivity contribution in [3.63, 3.8) is 0 Å². The molecule has 0 fully saturated rings. The Kier molecular flexibility index (Phi) is 3.66. The second-order valence-corrected chi connectivity index (χ2v) is 5.33. The highest BCUT2D eigenvalue weighted by Gasteiger charge is 2.15. The minimum absolute atomic E-state index is 0.127. The first-order valence-electron chi connectivity index (χ1n) is 6.24. The van der Waals surface area contributed by atoms with Gasteiger partial charge in [0, 0.05) is 5.56 Å². The van der Waals surface area contributed by atoms with E-state index in [9.17, 15) is 9.90 Å². The lowest BCUT2D eigenvalue weighted by molar-refractivity contribution is 0.104. The Morgan fingerprint density at radius 2 is 1.95 bits per heavy atom. The van der Waals surface area contributed by atoms with Crippen LogP contribution in [0.2, 0.25) is 0 Å². The van der Waals surface area contributed by atoms with Crippen LogP contribution in [0.5, 0.6) is 17.2 Å². The molecule has 0 unspecified atom stereocenters. The molecule has 1 N–H and O–H groups in total. The molecule has 0 bridgehead atoms. The van der Waals surface area contributed by atoms with E-state index in [0.29, 0.717) is 21.5 Å². The number of carbonyl (C=O) groups excluding carboxylic acids is 1. The number of ketones is 1. The zero-order valence-corrected chi connectivity index (χ0v) is 12.5. The SMILES string of the molecule is O=C(C=Cc1ccc(O)c(Br)c1)c1ccc2c(c1)OCO2. The van der Waals surface area contributed by atoms with Gasteiger partial charge in [0.25, 0.3) is 0 Å². The number of phenols is 1. The molecule has 21 heavy (non-hydrogen) atoms. The number of benzene rings is 2. The normalized spacial score (nSPS) is 12.8. The van der Waals surface area contributed by atoms with Gasteiger partial charge in [-0.25, -0.2) is 0 Å². The fraction of sp³-hybridized carbons (Fsp3) is 0.0625. The monoisotopic (exact) mass is 346 g/mol. The molecule has 0 spiro atoms. The number of phenolic OH excluding ortho intramolecular Hbond substituents is 1. The molecular formula is C16H11BrO4. The fourth-order valence-electron chi connectivity index (χ4n) is 1.94. The second kappa shape index (κ2) is 5.61. The third-order valence-electron chi connectivity index (χ3n) is 3.06. The zero-order valence-electron chi connectivity index (χ0n) is 10.9. The van der Waals surface area contributed by atoms with E-state index < -0.39 is 0 Å². The zero-order chi connectivity index (χ0) is 14.8. The molecule has 1 aliphatic heterocycles. The molecule has 3 rings (SSSR count). The van der Waals surface area contributed by atoms with E-state index in [-0.39, 0.29) is 18.3 Å². The van der Waals surface area contributed by atoms with E-state index in [4.69, 9.17) is 9.47 Å². The number of allylic oxidation sites excluding steroid dienone is 1. The van der Waals surface area contributed by atoms with Crippen LogP contribution in [0, 0.1) is 0 Å². The van der Waals surface area contributed by atoms with Crippen molar-refractivity contribution in [2.24, 2.45) is 0 Å². The number of ether oxygens (including phenoxy) is 2. The Morgan fingerprint density at radius 1 is 1.14 bits per heavy atom. The predicted molar refractivity (Wildman–Crippen MR) is 81.7 cm³/mol. The molecule has 4 nitrogen and oxygen atoms in total. The second-order valence-electron chi connectivity index (χ2n) is 4.48. The van der Waals surface area contributed by atoms with Crippen molar-refractivity contribution < 1.29 is 19.4 Å². The van der Waals surface area contributed by atoms with Crippen LogP contribution in [0.4, 0.5) is 0 Å². The molecule has 1 aliphatic rings. The van der Waals surface area contributed by atoms with Gasteiger partial charge in [-0.3, -0.25) is 4.79 Å². The summed E-state index contributed by atoms with van der Waals surface area (Å²) in [5.41, 5.74) is 1.35. The first kappa shape index (κ1) is 13.7. The number of halogens is 1. The Morgan fingerprint density at radius 3 is 2.76 bits per heavy atom. The maximum Gasteiger partial charge on any atom is 0.231 e. The van der Waals surface area contributed by atoms with Gasteiger partial charge in [-0.1, -0.05) is 12.1 Å². The molecule has 106 valence electrons. The molecule has 0 atom stereocenters. The Hall–Kier alpha value is -2.27. The average Bonchev–Trinajstić information content (AvgIpc) is 2.95. The van der Waals surface area contributed by atoms with Crippen LogP contribution in [-0.4, -0.2) is 17.7 Å². The molecule has 5 heteroatoms. The van der Waals surface area contributed by atoms with Crippen LogP contribution in [0.25, 0.3) is 6.08 Å². The van der Waals surface area contributed by atoms with Gasteiger partial charge in [-0.05, 0) is 57.9 Å². The van der Waals surface area contributed by atoms with E-state index in [2.05, 4.69) is 15.9 Å². The molecule has 0 amide bonds. The molecule has 0 aromatic heterocycles. The first-order chi connectivity index (χ1) is 10.1. The van der Waals surface area contributed by atoms with Crippen LogP contribution in [0.3, 0.4) is 0 Å². The molecule has 0 saturated carbocycles. The number of aromatic hydroxyl groups is 1. The van der Waals surface area contributed by atoms with Crippen LogP contribution in [-0.2, 0) is 0 Å². The highest BCUT2D eigenvalue weighted by molar-refractivity contribution is 9.10. The lowest BCUT2D eigenvalue weighted by atomic mass is 10.1. The lowest BCUT2D eigenvalue weighted by Gasteiger charge is -2.00. The van der Waals surface area contributed by atoms with Gasteiger partial charge < -0.3 is 14.6 Å². The summed E-state index contributed by atoms with van der Waals surface area (Å²) in [5.74, 6) is 1.27. The van der Waals surface area contributed by atoms with E-state index in [1.165, 1.54) is 6.08 Å². The van der Waals surface area contributed by atoms with E-state index in [1.54, 1.807) is 42.5 Å². The van der Waals surface area contributed by atoms with Gasteiger partial charge in [-0.15, -0.1) is 0 Å². The molecule has 0 saturated heterocycles. The van der Waals surface area contributed by atoms with Gasteiger partial charge in [-0.2, -0.15) is 0 Å². The summed E-state index contributed by atoms with van der Waals surface area (Å²) in [6.07, 6.45) is 3.17. The van der Waals surface area contributed by atoms with Gasteiger partial charge >= 0.3 is 0 Å². The summed E-state index contributed by atoms with van der Waals surface area (Å²) in [6, 6.07) is 10.1. The summed E-state index contributed by atoms with van der Waals surface area (Å²) in [6.45, 7) is 0.185. The van der Waals surface area contributed by atoms with Crippen molar-refractivity contribution in [2.75, 3.05) is 6.79 Å². The lowest BCUT2D eigenvalue weighted by Crippen LogP contribution is -1.94. The van der Waals surface area contributed by atoms with E-state index >= 15 is 0 Å². The molecule has 0 radical (unpaired) electrons. The highest BCUT2D eigenvalue weighted by atomic mass is 79.9. The maximum atomic E-state index is 12.1. The number of hydrogen-bond acceptors (Lipinski definition) is 4. The summed E-state index contributed by atoms with van der Waals surface area (Å²) >= 11 is 3.23. The summed E-state index contributed by atoms with van der Waals surface area (Å²) in [5, 5.41) is 9.43. The minimum atomic E-state index is -0.127. The smallest absolute Gasteiger partial charge is 0.231 e. The Bertz CT molecular complexity index is 737. The summed E-state index contributed by atoms with van der Waals surface area (Å²) < 4.78 is 11.0. The van der Waals surface area contributed by atoms with Crippen molar-refractivity contribution >= 4 is 27.8 Å². The van der Waals surface area contributed by atoms with Crippen molar-refractivity contribution in [1.29, 1.82) is 0 Å². The summed E-state index contributed by atoms with van der Waals surface area (Å²) in [4.78, 5) is 12.1. The predicted octanol–water partition coefficient (Wildman–Crippen LogP) is 3.78. The Labute approximate surface area is 129 Å². The van der Waals surface area contributed by atoms with Crippen molar-refractivity contribution in [2.45, 2.75) is 0 Å². The molecule has 0 aliphatic carbocycles. The molecular weight excluding hydrogens is 336 g/mol. The van der Waals surface area contributed by atoms with Gasteiger partial charge in [0.05, 0.1) is 4.47 Å². The minimum Gasteiger partial charge on any atom is -0.507 e. The number of hydrogen-bond donors (Lipinski definition) is 1. The molecule has 1 heterocycles. The Balaban J connectivity index is 1.79. The van der Waals surface area contributed by atoms with Crippen LogP contribution in [0.15, 0.2) is 46.9 Å². The van der Waals surface area contributed by atoms with Crippen LogP contribution >= 0.6 is 15.9 Å². The fourth-order valence-corrected chi connectivity index (χ4v) is 2.34. The van der Waals surface area contributed by atoms with Gasteiger partial charge in [0.2, 0.25) is 6.79 Å². The number of carbonyl (C=O) groups is 1. The van der Waals surface area contributed by atoms with Gasteiger partial charge in [0.1, 0.15) is 5.75 Å². The number of rotatable bonds is 3. The number of fused-ring (bicyclic) bond motifs is 1. The standard InChI is InChI=1S/C16H11BrO4/c17-12-7-10(2-5-14(12)19)1-4-13(18)11-3-6-15-16(8-11)21-9-20-15/h1-8,19H,9H2. The van der Waals surface area contributed by atoms with Crippen molar-refractivity contribution in [1.82, 2.24) is 0 Å². The third kappa shape index (κ3) is 2.92. The van der Waals surface area contributed by atoms with E-state index in [1.807, 2.05) is 0 Å². The topological polar surface area (TPSA) is 55.8 Å². The third-order valence-corrected chi connectivity index (χ3v) is 3.69.